The number of hydrogen-bond acceptors (Lipinski definition) is 4. The van der Waals surface area contributed by atoms with Crippen LogP contribution in [0, 0.1) is 5.92 Å². The lowest BCUT2D eigenvalue weighted by atomic mass is 10.1. The van der Waals surface area contributed by atoms with Crippen LogP contribution in [0.5, 0.6) is 0 Å². The van der Waals surface area contributed by atoms with E-state index in [4.69, 9.17) is 17.3 Å². The zero-order valence-electron chi connectivity index (χ0n) is 9.10. The number of hydrogen-bond donors (Lipinski definition) is 2. The number of thiophene rings is 1. The summed E-state index contributed by atoms with van der Waals surface area (Å²) >= 11 is 6.71. The largest absolute Gasteiger partial charge is 0.326 e. The number of sulfonamides is 1. The Morgan fingerprint density at radius 2 is 2.12 bits per heavy atom. The van der Waals surface area contributed by atoms with Gasteiger partial charge in [0.2, 0.25) is 10.0 Å². The molecular formula is C9H15ClN2O2S2. The second-order valence-corrected chi connectivity index (χ2v) is 7.53. The third-order valence-electron chi connectivity index (χ3n) is 2.18. The van der Waals surface area contributed by atoms with E-state index < -0.39 is 10.0 Å². The molecule has 0 aromatic carbocycles. The Morgan fingerprint density at radius 3 is 2.56 bits per heavy atom. The van der Waals surface area contributed by atoms with Gasteiger partial charge in [-0.3, -0.25) is 0 Å². The predicted molar refractivity (Wildman–Crippen MR) is 67.3 cm³/mol. The maximum atomic E-state index is 11.8. The molecule has 0 amide bonds. The van der Waals surface area contributed by atoms with Crippen LogP contribution in [0.1, 0.15) is 13.8 Å². The monoisotopic (exact) mass is 282 g/mol. The fraction of sp³-hybridized carbons (Fsp3) is 0.556. The molecule has 1 atom stereocenters. The molecule has 1 heterocycles. The molecule has 0 aliphatic carbocycles. The number of halogens is 1. The fourth-order valence-electron chi connectivity index (χ4n) is 0.955. The molecule has 0 aliphatic heterocycles. The Balaban J connectivity index is 2.67. The summed E-state index contributed by atoms with van der Waals surface area (Å²) in [4.78, 5) is 0. The van der Waals surface area contributed by atoms with E-state index in [9.17, 15) is 8.42 Å². The second kappa shape index (κ2) is 5.46. The molecular weight excluding hydrogens is 268 g/mol. The van der Waals surface area contributed by atoms with Crippen LogP contribution in [0.15, 0.2) is 16.3 Å². The lowest BCUT2D eigenvalue weighted by Crippen LogP contribution is -2.40. The standard InChI is InChI=1S/C9H15ClN2O2S2/c1-6(2)7(11)5-12-16(13,14)9-4-3-8(10)15-9/h3-4,6-7,12H,5,11H2,1-2H3. The van der Waals surface area contributed by atoms with E-state index in [1.54, 1.807) is 6.07 Å². The molecule has 0 aliphatic rings. The first kappa shape index (κ1) is 13.9. The molecule has 0 saturated carbocycles. The molecule has 0 bridgehead atoms. The van der Waals surface area contributed by atoms with E-state index in [0.717, 1.165) is 11.3 Å². The van der Waals surface area contributed by atoms with E-state index in [1.165, 1.54) is 6.07 Å². The van der Waals surface area contributed by atoms with Gasteiger partial charge in [0.05, 0.1) is 4.34 Å². The van der Waals surface area contributed by atoms with Gasteiger partial charge in [-0.25, -0.2) is 13.1 Å². The quantitative estimate of drug-likeness (QED) is 0.863. The van der Waals surface area contributed by atoms with Gasteiger partial charge in [0.25, 0.3) is 0 Å². The van der Waals surface area contributed by atoms with Gasteiger partial charge in [0.15, 0.2) is 0 Å². The smallest absolute Gasteiger partial charge is 0.250 e. The first-order valence-electron chi connectivity index (χ1n) is 4.83. The van der Waals surface area contributed by atoms with Crippen molar-refractivity contribution in [1.29, 1.82) is 0 Å². The summed E-state index contributed by atoms with van der Waals surface area (Å²) in [5.74, 6) is 0.231. The average Bonchev–Trinajstić information content (AvgIpc) is 2.61. The second-order valence-electron chi connectivity index (χ2n) is 3.82. The van der Waals surface area contributed by atoms with E-state index in [2.05, 4.69) is 4.72 Å². The average molecular weight is 283 g/mol. The van der Waals surface area contributed by atoms with Crippen molar-refractivity contribution in [2.75, 3.05) is 6.54 Å². The number of nitrogens with one attached hydrogen (secondary N) is 1. The Morgan fingerprint density at radius 1 is 1.50 bits per heavy atom. The highest BCUT2D eigenvalue weighted by Crippen LogP contribution is 2.25. The first-order valence-corrected chi connectivity index (χ1v) is 7.51. The zero-order chi connectivity index (χ0) is 12.3. The van der Waals surface area contributed by atoms with Gasteiger partial charge < -0.3 is 5.73 Å². The van der Waals surface area contributed by atoms with Crippen molar-refractivity contribution in [1.82, 2.24) is 4.72 Å². The van der Waals surface area contributed by atoms with Crippen LogP contribution in [0.25, 0.3) is 0 Å². The lowest BCUT2D eigenvalue weighted by molar-refractivity contribution is 0.482. The van der Waals surface area contributed by atoms with Gasteiger partial charge >= 0.3 is 0 Å². The molecule has 1 rings (SSSR count). The molecule has 16 heavy (non-hydrogen) atoms. The predicted octanol–water partition coefficient (Wildman–Crippen LogP) is 1.66. The summed E-state index contributed by atoms with van der Waals surface area (Å²) < 4.78 is 26.7. The summed E-state index contributed by atoms with van der Waals surface area (Å²) in [5.41, 5.74) is 5.76. The van der Waals surface area contributed by atoms with Crippen molar-refractivity contribution in [3.8, 4) is 0 Å². The van der Waals surface area contributed by atoms with Crippen LogP contribution >= 0.6 is 22.9 Å². The van der Waals surface area contributed by atoms with Gasteiger partial charge in [-0.1, -0.05) is 25.4 Å². The molecule has 1 aromatic heterocycles. The minimum Gasteiger partial charge on any atom is -0.326 e. The molecule has 3 N–H and O–H groups in total. The third-order valence-corrected chi connectivity index (χ3v) is 5.33. The fourth-order valence-corrected chi connectivity index (χ4v) is 3.56. The maximum absolute atomic E-state index is 11.8. The highest BCUT2D eigenvalue weighted by Gasteiger charge is 2.18. The summed E-state index contributed by atoms with van der Waals surface area (Å²) in [7, 11) is -3.46. The Labute approximate surface area is 105 Å². The van der Waals surface area contributed by atoms with Crippen LogP contribution in [-0.2, 0) is 10.0 Å². The Kier molecular flexibility index (Phi) is 4.75. The van der Waals surface area contributed by atoms with E-state index in [0.29, 0.717) is 4.34 Å². The SMILES string of the molecule is CC(C)C(N)CNS(=O)(=O)c1ccc(Cl)s1. The normalized spacial score (nSPS) is 14.3. The minimum atomic E-state index is -3.46. The van der Waals surface area contributed by atoms with Crippen molar-refractivity contribution in [2.45, 2.75) is 24.1 Å². The van der Waals surface area contributed by atoms with Crippen LogP contribution in [0.4, 0.5) is 0 Å². The van der Waals surface area contributed by atoms with Crippen molar-refractivity contribution < 1.29 is 8.42 Å². The summed E-state index contributed by atoms with van der Waals surface area (Å²) in [5, 5.41) is 0. The summed E-state index contributed by atoms with van der Waals surface area (Å²) in [6.45, 7) is 4.12. The van der Waals surface area contributed by atoms with Crippen molar-refractivity contribution in [3.63, 3.8) is 0 Å². The molecule has 4 nitrogen and oxygen atoms in total. The Hall–Kier alpha value is -0.140. The highest BCUT2D eigenvalue weighted by molar-refractivity contribution is 7.91. The van der Waals surface area contributed by atoms with Crippen LogP contribution in [0.3, 0.4) is 0 Å². The number of nitrogens with two attached hydrogens (primary N) is 1. The van der Waals surface area contributed by atoms with Crippen molar-refractivity contribution >= 4 is 33.0 Å². The van der Waals surface area contributed by atoms with Gasteiger partial charge in [-0.05, 0) is 18.1 Å². The van der Waals surface area contributed by atoms with Crippen molar-refractivity contribution in [2.24, 2.45) is 11.7 Å². The van der Waals surface area contributed by atoms with Gasteiger partial charge in [0.1, 0.15) is 4.21 Å². The summed E-state index contributed by atoms with van der Waals surface area (Å²) in [6.07, 6.45) is 0. The van der Waals surface area contributed by atoms with Crippen LogP contribution in [0.2, 0.25) is 4.34 Å². The van der Waals surface area contributed by atoms with Gasteiger partial charge in [-0.15, -0.1) is 11.3 Å². The minimum absolute atomic E-state index is 0.190. The third kappa shape index (κ3) is 3.71. The van der Waals surface area contributed by atoms with E-state index in [1.807, 2.05) is 13.8 Å². The Bertz CT molecular complexity index is 442. The van der Waals surface area contributed by atoms with Crippen LogP contribution < -0.4 is 10.5 Å². The molecule has 7 heteroatoms. The molecule has 0 spiro atoms. The topological polar surface area (TPSA) is 72.2 Å². The lowest BCUT2D eigenvalue weighted by Gasteiger charge is -2.15. The van der Waals surface area contributed by atoms with Gasteiger partial charge in [0, 0.05) is 12.6 Å². The van der Waals surface area contributed by atoms with Crippen LogP contribution in [-0.4, -0.2) is 21.0 Å². The highest BCUT2D eigenvalue weighted by atomic mass is 35.5. The number of rotatable bonds is 5. The molecule has 1 unspecified atom stereocenters. The zero-order valence-corrected chi connectivity index (χ0v) is 11.5. The van der Waals surface area contributed by atoms with Gasteiger partial charge in [-0.2, -0.15) is 0 Å². The molecule has 0 radical (unpaired) electrons. The molecule has 0 saturated heterocycles. The first-order chi connectivity index (χ1) is 7.33. The van der Waals surface area contributed by atoms with E-state index in [-0.39, 0.29) is 22.7 Å². The van der Waals surface area contributed by atoms with Crippen molar-refractivity contribution in [3.05, 3.63) is 16.5 Å². The summed E-state index contributed by atoms with van der Waals surface area (Å²) in [6, 6.07) is 2.85. The van der Waals surface area contributed by atoms with E-state index >= 15 is 0 Å². The molecule has 1 aromatic rings. The maximum Gasteiger partial charge on any atom is 0.250 e. The molecule has 92 valence electrons. The molecule has 0 fully saturated rings.